The third-order valence-corrected chi connectivity index (χ3v) is 4.65. The van der Waals surface area contributed by atoms with Gasteiger partial charge in [0.2, 0.25) is 0 Å². The number of aliphatic imine (C=N–C) groups is 1. The smallest absolute Gasteiger partial charge is 0.191 e. The van der Waals surface area contributed by atoms with Crippen LogP contribution < -0.4 is 20.1 Å². The molecule has 0 atom stereocenters. The van der Waals surface area contributed by atoms with E-state index in [-0.39, 0.29) is 0 Å². The minimum Gasteiger partial charge on any atom is -0.493 e. The van der Waals surface area contributed by atoms with Gasteiger partial charge in [-0.3, -0.25) is 0 Å². The summed E-state index contributed by atoms with van der Waals surface area (Å²) in [6.45, 7) is 8.12. The lowest BCUT2D eigenvalue weighted by Gasteiger charge is -2.13. The number of ether oxygens (including phenoxy) is 2. The zero-order chi connectivity index (χ0) is 20.4. The van der Waals surface area contributed by atoms with Crippen LogP contribution >= 0.6 is 0 Å². The Hall–Kier alpha value is -2.70. The number of benzene rings is 1. The van der Waals surface area contributed by atoms with Gasteiger partial charge in [0, 0.05) is 24.1 Å². The van der Waals surface area contributed by atoms with Crippen LogP contribution in [-0.4, -0.2) is 31.9 Å². The van der Waals surface area contributed by atoms with Gasteiger partial charge in [-0.2, -0.15) is 0 Å². The highest BCUT2D eigenvalue weighted by molar-refractivity contribution is 5.79. The molecule has 0 aliphatic heterocycles. The van der Waals surface area contributed by atoms with Crippen LogP contribution in [0.5, 0.6) is 11.5 Å². The molecule has 2 N–H and O–H groups in total. The molecule has 0 spiro atoms. The second-order valence-corrected chi connectivity index (χ2v) is 6.43. The van der Waals surface area contributed by atoms with Gasteiger partial charge in [-0.15, -0.1) is 0 Å². The van der Waals surface area contributed by atoms with E-state index in [2.05, 4.69) is 34.6 Å². The van der Waals surface area contributed by atoms with Crippen LogP contribution in [0, 0.1) is 0 Å². The van der Waals surface area contributed by atoms with Crippen LogP contribution in [0.4, 0.5) is 0 Å². The summed E-state index contributed by atoms with van der Waals surface area (Å²) in [4.78, 5) is 4.65. The van der Waals surface area contributed by atoms with Gasteiger partial charge in [0.05, 0.1) is 33.0 Å². The molecule has 2 aromatic rings. The Morgan fingerprint density at radius 3 is 2.57 bits per heavy atom. The molecule has 1 aromatic carbocycles. The molecule has 0 saturated heterocycles. The number of methoxy groups -OCH3 is 2. The largest absolute Gasteiger partial charge is 0.493 e. The van der Waals surface area contributed by atoms with Gasteiger partial charge in [0.1, 0.15) is 0 Å². The van der Waals surface area contributed by atoms with Crippen LogP contribution in [-0.2, 0) is 13.1 Å². The monoisotopic (exact) mass is 388 g/mol. The number of guanidine groups is 1. The molecule has 0 aliphatic carbocycles. The fourth-order valence-electron chi connectivity index (χ4n) is 3.07. The summed E-state index contributed by atoms with van der Waals surface area (Å²) in [5.41, 5.74) is 1.97. The minimum absolute atomic E-state index is 0.444. The average molecular weight is 389 g/mol. The van der Waals surface area contributed by atoms with Gasteiger partial charge in [-0.1, -0.05) is 31.1 Å². The maximum absolute atomic E-state index is 5.48. The van der Waals surface area contributed by atoms with Crippen LogP contribution in [0.3, 0.4) is 0 Å². The molecule has 0 aliphatic rings. The zero-order valence-corrected chi connectivity index (χ0v) is 17.5. The van der Waals surface area contributed by atoms with Crippen molar-refractivity contribution >= 4 is 5.96 Å². The normalized spacial score (nSPS) is 11.6. The summed E-state index contributed by atoms with van der Waals surface area (Å²) in [6.07, 6.45) is 2.12. The Labute approximate surface area is 167 Å². The fourth-order valence-corrected chi connectivity index (χ4v) is 3.07. The molecule has 28 heavy (non-hydrogen) atoms. The molecule has 1 heterocycles. The van der Waals surface area contributed by atoms with E-state index in [4.69, 9.17) is 14.0 Å². The SMILES string of the molecule is CCNC(=NCc1cccc(OC)c1OC)NCc1cc(C(CC)CC)no1. The quantitative estimate of drug-likeness (QED) is 0.475. The summed E-state index contributed by atoms with van der Waals surface area (Å²) in [7, 11) is 3.26. The Morgan fingerprint density at radius 2 is 1.93 bits per heavy atom. The first kappa shape index (κ1) is 21.6. The van der Waals surface area contributed by atoms with Crippen molar-refractivity contribution in [2.24, 2.45) is 4.99 Å². The summed E-state index contributed by atoms with van der Waals surface area (Å²) in [5, 5.41) is 10.8. The molecule has 1 aromatic heterocycles. The Bertz CT molecular complexity index is 754. The Kier molecular flexibility index (Phi) is 8.65. The lowest BCUT2D eigenvalue weighted by Crippen LogP contribution is -2.36. The van der Waals surface area contributed by atoms with Crippen molar-refractivity contribution in [3.8, 4) is 11.5 Å². The highest BCUT2D eigenvalue weighted by Crippen LogP contribution is 2.31. The molecule has 2 rings (SSSR count). The molecule has 7 heteroatoms. The van der Waals surface area contributed by atoms with Gasteiger partial charge in [-0.25, -0.2) is 4.99 Å². The second kappa shape index (κ2) is 11.2. The molecular formula is C21H32N4O3. The number of rotatable bonds is 10. The molecule has 0 fully saturated rings. The van der Waals surface area contributed by atoms with Gasteiger partial charge < -0.3 is 24.6 Å². The molecule has 0 radical (unpaired) electrons. The zero-order valence-electron chi connectivity index (χ0n) is 17.5. The maximum atomic E-state index is 5.48. The molecule has 0 saturated carbocycles. The Balaban J connectivity index is 2.05. The number of para-hydroxylation sites is 1. The molecule has 7 nitrogen and oxygen atoms in total. The van der Waals surface area contributed by atoms with E-state index < -0.39 is 0 Å². The van der Waals surface area contributed by atoms with E-state index in [1.54, 1.807) is 14.2 Å². The van der Waals surface area contributed by atoms with Crippen molar-refractivity contribution in [1.82, 2.24) is 15.8 Å². The maximum Gasteiger partial charge on any atom is 0.191 e. The summed E-state index contributed by atoms with van der Waals surface area (Å²) in [6, 6.07) is 7.81. The second-order valence-electron chi connectivity index (χ2n) is 6.43. The first-order chi connectivity index (χ1) is 13.7. The van der Waals surface area contributed by atoms with Gasteiger partial charge in [-0.05, 0) is 25.8 Å². The predicted molar refractivity (Wildman–Crippen MR) is 111 cm³/mol. The van der Waals surface area contributed by atoms with E-state index >= 15 is 0 Å². The summed E-state index contributed by atoms with van der Waals surface area (Å²) >= 11 is 0. The first-order valence-corrected chi connectivity index (χ1v) is 9.84. The van der Waals surface area contributed by atoms with E-state index in [9.17, 15) is 0 Å². The average Bonchev–Trinajstić information content (AvgIpc) is 3.19. The lowest BCUT2D eigenvalue weighted by atomic mass is 9.99. The molecular weight excluding hydrogens is 356 g/mol. The van der Waals surface area contributed by atoms with E-state index in [0.29, 0.717) is 36.5 Å². The Morgan fingerprint density at radius 1 is 1.14 bits per heavy atom. The fraction of sp³-hybridized carbons (Fsp3) is 0.524. The number of nitrogens with zero attached hydrogens (tertiary/aromatic N) is 2. The number of hydrogen-bond donors (Lipinski definition) is 2. The van der Waals surface area contributed by atoms with Gasteiger partial charge in [0.25, 0.3) is 0 Å². The first-order valence-electron chi connectivity index (χ1n) is 9.84. The predicted octanol–water partition coefficient (Wildman–Crippen LogP) is 3.85. The van der Waals surface area contributed by atoms with Crippen molar-refractivity contribution in [3.63, 3.8) is 0 Å². The van der Waals surface area contributed by atoms with Gasteiger partial charge >= 0.3 is 0 Å². The molecule has 154 valence electrons. The standard InChI is InChI=1S/C21H32N4O3/c1-6-15(7-2)18-12-17(28-25-18)14-24-21(22-8-3)23-13-16-10-9-11-19(26-4)20(16)27-5/h9-12,15H,6-8,13-14H2,1-5H3,(H2,22,23,24). The third-order valence-electron chi connectivity index (χ3n) is 4.65. The number of aromatic nitrogens is 1. The topological polar surface area (TPSA) is 80.9 Å². The number of hydrogen-bond acceptors (Lipinski definition) is 5. The van der Waals surface area contributed by atoms with Crippen molar-refractivity contribution in [1.29, 1.82) is 0 Å². The lowest BCUT2D eigenvalue weighted by molar-refractivity contribution is 0.352. The van der Waals surface area contributed by atoms with E-state index in [1.165, 1.54) is 0 Å². The van der Waals surface area contributed by atoms with Crippen molar-refractivity contribution < 1.29 is 14.0 Å². The van der Waals surface area contributed by atoms with Crippen molar-refractivity contribution in [2.45, 2.75) is 52.6 Å². The van der Waals surface area contributed by atoms with Crippen molar-refractivity contribution in [2.75, 3.05) is 20.8 Å². The van der Waals surface area contributed by atoms with E-state index in [1.807, 2.05) is 31.2 Å². The highest BCUT2D eigenvalue weighted by atomic mass is 16.5. The van der Waals surface area contributed by atoms with Crippen LogP contribution in [0.15, 0.2) is 33.8 Å². The van der Waals surface area contributed by atoms with Crippen LogP contribution in [0.25, 0.3) is 0 Å². The van der Waals surface area contributed by atoms with Crippen LogP contribution in [0.1, 0.15) is 56.5 Å². The summed E-state index contributed by atoms with van der Waals surface area (Å²) in [5.74, 6) is 3.35. The highest BCUT2D eigenvalue weighted by Gasteiger charge is 2.13. The molecule has 0 unspecified atom stereocenters. The minimum atomic E-state index is 0.444. The molecule has 0 bridgehead atoms. The number of nitrogens with one attached hydrogen (secondary N) is 2. The van der Waals surface area contributed by atoms with Crippen molar-refractivity contribution in [3.05, 3.63) is 41.3 Å². The third kappa shape index (κ3) is 5.65. The van der Waals surface area contributed by atoms with Gasteiger partial charge in [0.15, 0.2) is 23.2 Å². The molecule has 0 amide bonds. The van der Waals surface area contributed by atoms with Crippen LogP contribution in [0.2, 0.25) is 0 Å². The summed E-state index contributed by atoms with van der Waals surface area (Å²) < 4.78 is 16.3. The van der Waals surface area contributed by atoms with E-state index in [0.717, 1.165) is 36.4 Å².